The van der Waals surface area contributed by atoms with E-state index in [1.807, 2.05) is 0 Å². The summed E-state index contributed by atoms with van der Waals surface area (Å²) in [5.41, 5.74) is 0.604. The summed E-state index contributed by atoms with van der Waals surface area (Å²) in [7, 11) is 0. The zero-order valence-electron chi connectivity index (χ0n) is 8.80. The molecule has 17 heavy (non-hydrogen) atoms. The molecular formula is C11H10BrNO4. The normalized spacial score (nSPS) is 18.8. The van der Waals surface area contributed by atoms with Gasteiger partial charge in [0.2, 0.25) is 5.91 Å². The second-order valence-corrected chi connectivity index (χ2v) is 4.60. The number of hydrogen-bond acceptors (Lipinski definition) is 4. The van der Waals surface area contributed by atoms with E-state index in [0.717, 1.165) is 4.47 Å². The van der Waals surface area contributed by atoms with Gasteiger partial charge < -0.3 is 14.7 Å². The third kappa shape index (κ3) is 2.41. The van der Waals surface area contributed by atoms with Crippen molar-refractivity contribution in [2.75, 3.05) is 0 Å². The van der Waals surface area contributed by atoms with Gasteiger partial charge in [-0.15, -0.1) is 0 Å². The van der Waals surface area contributed by atoms with Crippen molar-refractivity contribution < 1.29 is 19.4 Å². The molecule has 1 aromatic rings. The Morgan fingerprint density at radius 3 is 3.00 bits per heavy atom. The summed E-state index contributed by atoms with van der Waals surface area (Å²) in [5, 5.41) is 9.64. The van der Waals surface area contributed by atoms with Gasteiger partial charge in [0.25, 0.3) is 6.47 Å². The van der Waals surface area contributed by atoms with Crippen molar-refractivity contribution in [3.8, 4) is 5.75 Å². The van der Waals surface area contributed by atoms with Crippen molar-refractivity contribution in [1.82, 2.24) is 4.90 Å². The minimum absolute atomic E-state index is 0.101. The molecule has 90 valence electrons. The van der Waals surface area contributed by atoms with Crippen LogP contribution in [0.4, 0.5) is 0 Å². The van der Waals surface area contributed by atoms with Crippen LogP contribution in [0.5, 0.6) is 5.75 Å². The highest BCUT2D eigenvalue weighted by Gasteiger charge is 2.37. The number of carbonyl (C=O) groups excluding carboxylic acids is 2. The second kappa shape index (κ2) is 4.75. The highest BCUT2D eigenvalue weighted by atomic mass is 79.9. The van der Waals surface area contributed by atoms with E-state index in [4.69, 9.17) is 4.74 Å². The van der Waals surface area contributed by atoms with E-state index in [2.05, 4.69) is 15.9 Å². The van der Waals surface area contributed by atoms with Gasteiger partial charge in [0.15, 0.2) is 6.23 Å². The van der Waals surface area contributed by atoms with Crippen molar-refractivity contribution in [2.45, 2.75) is 19.2 Å². The summed E-state index contributed by atoms with van der Waals surface area (Å²) >= 11 is 3.29. The molecule has 1 atom stereocenters. The molecule has 1 unspecified atom stereocenters. The molecule has 0 aromatic heterocycles. The van der Waals surface area contributed by atoms with Crippen LogP contribution in [0.3, 0.4) is 0 Å². The molecule has 1 aliphatic rings. The molecule has 0 spiro atoms. The molecule has 2 rings (SSSR count). The van der Waals surface area contributed by atoms with Gasteiger partial charge in [0, 0.05) is 10.0 Å². The van der Waals surface area contributed by atoms with Gasteiger partial charge in [-0.25, -0.2) is 0 Å². The fourth-order valence-corrected chi connectivity index (χ4v) is 2.07. The van der Waals surface area contributed by atoms with Gasteiger partial charge >= 0.3 is 0 Å². The molecule has 0 aliphatic carbocycles. The Bertz CT molecular complexity index is 461. The van der Waals surface area contributed by atoms with Crippen molar-refractivity contribution in [3.05, 3.63) is 28.2 Å². The van der Waals surface area contributed by atoms with Gasteiger partial charge in [-0.3, -0.25) is 9.59 Å². The maximum absolute atomic E-state index is 11.4. The summed E-state index contributed by atoms with van der Waals surface area (Å²) < 4.78 is 5.55. The first-order valence-electron chi connectivity index (χ1n) is 4.98. The van der Waals surface area contributed by atoms with Crippen LogP contribution in [0.15, 0.2) is 22.7 Å². The van der Waals surface area contributed by atoms with Crippen molar-refractivity contribution in [1.29, 1.82) is 0 Å². The molecule has 0 saturated carbocycles. The molecule has 1 aliphatic heterocycles. The number of ether oxygens (including phenoxy) is 1. The van der Waals surface area contributed by atoms with Crippen molar-refractivity contribution in [2.24, 2.45) is 0 Å². The number of aromatic hydroxyl groups is 1. The Hall–Kier alpha value is -1.56. The van der Waals surface area contributed by atoms with Crippen LogP contribution in [0.1, 0.15) is 12.0 Å². The average Bonchev–Trinajstić information content (AvgIpc) is 2.30. The second-order valence-electron chi connectivity index (χ2n) is 3.69. The Kier molecular flexibility index (Phi) is 3.33. The Balaban J connectivity index is 2.11. The molecule has 0 radical (unpaired) electrons. The summed E-state index contributed by atoms with van der Waals surface area (Å²) in [6.07, 6.45) is -0.313. The number of carbonyl (C=O) groups is 2. The fourth-order valence-electron chi connectivity index (χ4n) is 1.66. The minimum atomic E-state index is -0.515. The first-order chi connectivity index (χ1) is 8.11. The lowest BCUT2D eigenvalue weighted by molar-refractivity contribution is -0.177. The molecular weight excluding hydrogens is 290 g/mol. The van der Waals surface area contributed by atoms with Crippen LogP contribution in [-0.4, -0.2) is 28.6 Å². The van der Waals surface area contributed by atoms with Crippen LogP contribution in [0.25, 0.3) is 0 Å². The molecule has 1 heterocycles. The SMILES string of the molecule is O=COC1CC(=O)N1Cc1cc(Br)ccc1O. The molecule has 1 N–H and O–H groups in total. The van der Waals surface area contributed by atoms with E-state index in [1.54, 1.807) is 18.2 Å². The first-order valence-corrected chi connectivity index (χ1v) is 5.77. The third-order valence-corrected chi connectivity index (χ3v) is 3.11. The number of hydrogen-bond donors (Lipinski definition) is 1. The number of likely N-dealkylation sites (tertiary alicyclic amines) is 1. The van der Waals surface area contributed by atoms with E-state index >= 15 is 0 Å². The number of nitrogens with zero attached hydrogens (tertiary/aromatic N) is 1. The van der Waals surface area contributed by atoms with Gasteiger partial charge in [0.05, 0.1) is 13.0 Å². The molecule has 5 nitrogen and oxygen atoms in total. The lowest BCUT2D eigenvalue weighted by atomic mass is 10.1. The molecule has 0 bridgehead atoms. The average molecular weight is 300 g/mol. The smallest absolute Gasteiger partial charge is 0.295 e. The van der Waals surface area contributed by atoms with Gasteiger partial charge in [-0.2, -0.15) is 0 Å². The minimum Gasteiger partial charge on any atom is -0.508 e. The number of phenols is 1. The largest absolute Gasteiger partial charge is 0.508 e. The summed E-state index contributed by atoms with van der Waals surface area (Å²) in [6.45, 7) is 0.549. The Labute approximate surface area is 106 Å². The van der Waals surface area contributed by atoms with Crippen LogP contribution in [-0.2, 0) is 20.9 Å². The predicted molar refractivity (Wildman–Crippen MR) is 61.9 cm³/mol. The Morgan fingerprint density at radius 1 is 1.59 bits per heavy atom. The first kappa shape index (κ1) is 11.9. The number of amides is 1. The topological polar surface area (TPSA) is 66.8 Å². The Morgan fingerprint density at radius 2 is 2.35 bits per heavy atom. The standard InChI is InChI=1S/C11H10BrNO4/c12-8-1-2-9(15)7(3-8)5-13-10(16)4-11(13)17-6-14/h1-3,6,11,15H,4-5H2. The monoisotopic (exact) mass is 299 g/mol. The van der Waals surface area contributed by atoms with Crippen molar-refractivity contribution >= 4 is 28.3 Å². The van der Waals surface area contributed by atoms with E-state index in [0.29, 0.717) is 12.0 Å². The fraction of sp³-hybridized carbons (Fsp3) is 0.273. The van der Waals surface area contributed by atoms with Gasteiger partial charge in [-0.1, -0.05) is 15.9 Å². The van der Waals surface area contributed by atoms with Gasteiger partial charge in [0.1, 0.15) is 5.75 Å². The van der Waals surface area contributed by atoms with E-state index in [-0.39, 0.29) is 24.6 Å². The molecule has 1 amide bonds. The highest BCUT2D eigenvalue weighted by Crippen LogP contribution is 2.28. The van der Waals surface area contributed by atoms with Crippen LogP contribution >= 0.6 is 15.9 Å². The van der Waals surface area contributed by atoms with Crippen LogP contribution < -0.4 is 0 Å². The third-order valence-electron chi connectivity index (χ3n) is 2.61. The zero-order chi connectivity index (χ0) is 12.4. The number of halogens is 1. The highest BCUT2D eigenvalue weighted by molar-refractivity contribution is 9.10. The number of benzene rings is 1. The molecule has 1 saturated heterocycles. The van der Waals surface area contributed by atoms with E-state index < -0.39 is 6.23 Å². The summed E-state index contributed by atoms with van der Waals surface area (Å²) in [5.74, 6) is 0.00831. The van der Waals surface area contributed by atoms with E-state index in [1.165, 1.54) is 4.90 Å². The van der Waals surface area contributed by atoms with E-state index in [9.17, 15) is 14.7 Å². The van der Waals surface area contributed by atoms with Crippen molar-refractivity contribution in [3.63, 3.8) is 0 Å². The maximum atomic E-state index is 11.4. The molecule has 6 heteroatoms. The summed E-state index contributed by atoms with van der Waals surface area (Å²) in [6, 6.07) is 4.97. The van der Waals surface area contributed by atoms with Crippen LogP contribution in [0, 0.1) is 0 Å². The molecule has 1 fully saturated rings. The lowest BCUT2D eigenvalue weighted by Crippen LogP contribution is -2.53. The lowest BCUT2D eigenvalue weighted by Gasteiger charge is -2.38. The summed E-state index contributed by atoms with van der Waals surface area (Å²) in [4.78, 5) is 23.0. The molecule has 1 aromatic carbocycles. The zero-order valence-corrected chi connectivity index (χ0v) is 10.4. The van der Waals surface area contributed by atoms with Crippen LogP contribution in [0.2, 0.25) is 0 Å². The van der Waals surface area contributed by atoms with Gasteiger partial charge in [-0.05, 0) is 18.2 Å². The number of phenolic OH excluding ortho intramolecular Hbond substituents is 1. The predicted octanol–water partition coefficient (Wildman–Crippen LogP) is 1.39. The number of β-lactam (4-membered cyclic amide) rings is 1. The number of rotatable bonds is 4. The maximum Gasteiger partial charge on any atom is 0.295 e. The quantitative estimate of drug-likeness (QED) is 0.674.